The van der Waals surface area contributed by atoms with Crippen LogP contribution in [0.2, 0.25) is 0 Å². The number of aryl methyl sites for hydroxylation is 1. The zero-order valence-corrected chi connectivity index (χ0v) is 11.9. The first kappa shape index (κ1) is 14.6. The zero-order chi connectivity index (χ0) is 15.4. The fourth-order valence-electron chi connectivity index (χ4n) is 1.75. The Morgan fingerprint density at radius 3 is 2.57 bits per heavy atom. The van der Waals surface area contributed by atoms with Crippen LogP contribution >= 0.6 is 0 Å². The lowest BCUT2D eigenvalue weighted by molar-refractivity contribution is -0.114. The summed E-state index contributed by atoms with van der Waals surface area (Å²) in [5.41, 5.74) is 1.14. The Labute approximate surface area is 121 Å². The number of nitrogens with zero attached hydrogens (tertiary/aromatic N) is 1. The molecular weight excluding hydrogens is 274 g/mol. The summed E-state index contributed by atoms with van der Waals surface area (Å²) in [5, 5.41) is 8.94. The summed E-state index contributed by atoms with van der Waals surface area (Å²) in [5.74, 6) is 0.381. The van der Waals surface area contributed by atoms with Crippen molar-refractivity contribution < 1.29 is 18.8 Å². The molecule has 0 atom stereocenters. The number of hydrogen-bond donors (Lipinski definition) is 2. The maximum Gasteiger partial charge on any atom is 0.277 e. The summed E-state index contributed by atoms with van der Waals surface area (Å²) in [6, 6.07) is 6.45. The molecule has 0 aliphatic rings. The van der Waals surface area contributed by atoms with E-state index in [4.69, 9.17) is 9.26 Å². The Balaban J connectivity index is 2.24. The lowest BCUT2D eigenvalue weighted by atomic mass is 10.2. The highest BCUT2D eigenvalue weighted by Crippen LogP contribution is 2.28. The van der Waals surface area contributed by atoms with Gasteiger partial charge in [-0.15, -0.1) is 0 Å². The first-order valence-corrected chi connectivity index (χ1v) is 6.20. The molecule has 0 radical (unpaired) electrons. The van der Waals surface area contributed by atoms with E-state index in [1.807, 2.05) is 0 Å². The predicted octanol–water partition coefficient (Wildman–Crippen LogP) is 2.20. The summed E-state index contributed by atoms with van der Waals surface area (Å²) < 4.78 is 10.0. The zero-order valence-electron chi connectivity index (χ0n) is 11.9. The van der Waals surface area contributed by atoms with Crippen molar-refractivity contribution >= 4 is 23.2 Å². The minimum Gasteiger partial charge on any atom is -0.495 e. The summed E-state index contributed by atoms with van der Waals surface area (Å²) in [6.45, 7) is 3.10. The van der Waals surface area contributed by atoms with E-state index >= 15 is 0 Å². The molecule has 2 amide bonds. The normalized spacial score (nSPS) is 10.0. The molecule has 2 N–H and O–H groups in total. The standard InChI is InChI=1S/C14H15N3O4/c1-8-6-12(17-21-8)14(19)16-11-7-10(15-9(2)18)4-5-13(11)20-3/h4-7H,1-3H3,(H,15,18)(H,16,19). The summed E-state index contributed by atoms with van der Waals surface area (Å²) in [6.07, 6.45) is 0. The third kappa shape index (κ3) is 3.59. The van der Waals surface area contributed by atoms with E-state index < -0.39 is 5.91 Å². The van der Waals surface area contributed by atoms with E-state index in [0.29, 0.717) is 22.9 Å². The smallest absolute Gasteiger partial charge is 0.277 e. The molecule has 21 heavy (non-hydrogen) atoms. The third-order valence-corrected chi connectivity index (χ3v) is 2.63. The number of aromatic nitrogens is 1. The quantitative estimate of drug-likeness (QED) is 0.900. The lowest BCUT2D eigenvalue weighted by Gasteiger charge is -2.11. The molecule has 0 saturated heterocycles. The molecular formula is C14H15N3O4. The van der Waals surface area contributed by atoms with Crippen LogP contribution in [0.25, 0.3) is 0 Å². The van der Waals surface area contributed by atoms with Crippen LogP contribution in [0.5, 0.6) is 5.75 Å². The molecule has 7 heteroatoms. The van der Waals surface area contributed by atoms with Crippen LogP contribution in [0, 0.1) is 6.92 Å². The minimum absolute atomic E-state index is 0.166. The average molecular weight is 289 g/mol. The first-order valence-electron chi connectivity index (χ1n) is 6.20. The van der Waals surface area contributed by atoms with Gasteiger partial charge < -0.3 is 19.9 Å². The van der Waals surface area contributed by atoms with Crippen LogP contribution in [0.3, 0.4) is 0 Å². The van der Waals surface area contributed by atoms with E-state index in [-0.39, 0.29) is 11.6 Å². The van der Waals surface area contributed by atoms with Crippen molar-refractivity contribution in [3.8, 4) is 5.75 Å². The first-order chi connectivity index (χ1) is 9.99. The van der Waals surface area contributed by atoms with Crippen LogP contribution in [0.4, 0.5) is 11.4 Å². The Kier molecular flexibility index (Phi) is 4.22. The van der Waals surface area contributed by atoms with Gasteiger partial charge in [0, 0.05) is 18.7 Å². The maximum atomic E-state index is 12.1. The van der Waals surface area contributed by atoms with Gasteiger partial charge in [0.2, 0.25) is 5.91 Å². The van der Waals surface area contributed by atoms with E-state index in [0.717, 1.165) is 0 Å². The fraction of sp³-hybridized carbons (Fsp3) is 0.214. The molecule has 110 valence electrons. The van der Waals surface area contributed by atoms with Gasteiger partial charge in [-0.1, -0.05) is 5.16 Å². The van der Waals surface area contributed by atoms with Gasteiger partial charge in [-0.25, -0.2) is 0 Å². The van der Waals surface area contributed by atoms with Crippen LogP contribution in [0.1, 0.15) is 23.2 Å². The number of ether oxygens (including phenoxy) is 1. The number of benzene rings is 1. The maximum absolute atomic E-state index is 12.1. The molecule has 0 saturated carbocycles. The number of anilines is 2. The highest BCUT2D eigenvalue weighted by Gasteiger charge is 2.14. The van der Waals surface area contributed by atoms with Crippen molar-refractivity contribution in [1.82, 2.24) is 5.16 Å². The second kappa shape index (κ2) is 6.08. The van der Waals surface area contributed by atoms with E-state index in [9.17, 15) is 9.59 Å². The van der Waals surface area contributed by atoms with Crippen molar-refractivity contribution in [1.29, 1.82) is 0 Å². The third-order valence-electron chi connectivity index (χ3n) is 2.63. The van der Waals surface area contributed by atoms with Gasteiger partial charge in [0.15, 0.2) is 5.69 Å². The summed E-state index contributed by atoms with van der Waals surface area (Å²) >= 11 is 0. The van der Waals surface area contributed by atoms with Crippen molar-refractivity contribution in [2.24, 2.45) is 0 Å². The van der Waals surface area contributed by atoms with Gasteiger partial charge in [0.25, 0.3) is 5.91 Å². The van der Waals surface area contributed by atoms with Gasteiger partial charge in [-0.2, -0.15) is 0 Å². The second-order valence-corrected chi connectivity index (χ2v) is 4.37. The van der Waals surface area contributed by atoms with Crippen LogP contribution < -0.4 is 15.4 Å². The SMILES string of the molecule is COc1ccc(NC(C)=O)cc1NC(=O)c1cc(C)on1. The van der Waals surface area contributed by atoms with Crippen molar-refractivity contribution in [3.05, 3.63) is 35.7 Å². The number of carbonyl (C=O) groups excluding carboxylic acids is 2. The molecule has 0 spiro atoms. The monoisotopic (exact) mass is 289 g/mol. The number of methoxy groups -OCH3 is 1. The number of amides is 2. The minimum atomic E-state index is -0.426. The van der Waals surface area contributed by atoms with Crippen molar-refractivity contribution in [2.75, 3.05) is 17.7 Å². The van der Waals surface area contributed by atoms with Gasteiger partial charge in [0.1, 0.15) is 11.5 Å². The molecule has 0 fully saturated rings. The second-order valence-electron chi connectivity index (χ2n) is 4.37. The molecule has 1 aromatic heterocycles. The Morgan fingerprint density at radius 1 is 1.24 bits per heavy atom. The Hall–Kier alpha value is -2.83. The molecule has 1 aromatic carbocycles. The highest BCUT2D eigenvalue weighted by atomic mass is 16.5. The topological polar surface area (TPSA) is 93.5 Å². The molecule has 0 unspecified atom stereocenters. The number of rotatable bonds is 4. The highest BCUT2D eigenvalue weighted by molar-refractivity contribution is 6.04. The van der Waals surface area contributed by atoms with Gasteiger partial charge >= 0.3 is 0 Å². The van der Waals surface area contributed by atoms with Gasteiger partial charge in [-0.05, 0) is 25.1 Å². The van der Waals surface area contributed by atoms with Crippen LogP contribution in [0.15, 0.2) is 28.8 Å². The molecule has 7 nitrogen and oxygen atoms in total. The van der Waals surface area contributed by atoms with Crippen LogP contribution in [-0.4, -0.2) is 24.1 Å². The summed E-state index contributed by atoms with van der Waals surface area (Å²) in [4.78, 5) is 23.1. The molecule has 2 rings (SSSR count). The van der Waals surface area contributed by atoms with Crippen molar-refractivity contribution in [2.45, 2.75) is 13.8 Å². The Bertz CT molecular complexity index is 679. The van der Waals surface area contributed by atoms with Gasteiger partial charge in [-0.3, -0.25) is 9.59 Å². The molecule has 2 aromatic rings. The number of carbonyl (C=O) groups is 2. The number of hydrogen-bond acceptors (Lipinski definition) is 5. The fourth-order valence-corrected chi connectivity index (χ4v) is 1.75. The van der Waals surface area contributed by atoms with E-state index in [1.165, 1.54) is 20.1 Å². The molecule has 0 bridgehead atoms. The van der Waals surface area contributed by atoms with E-state index in [1.54, 1.807) is 25.1 Å². The van der Waals surface area contributed by atoms with Crippen LogP contribution in [-0.2, 0) is 4.79 Å². The van der Waals surface area contributed by atoms with E-state index in [2.05, 4.69) is 15.8 Å². The molecule has 0 aliphatic heterocycles. The largest absolute Gasteiger partial charge is 0.495 e. The molecule has 1 heterocycles. The Morgan fingerprint density at radius 2 is 2.00 bits per heavy atom. The lowest BCUT2D eigenvalue weighted by Crippen LogP contribution is -2.13. The average Bonchev–Trinajstić information content (AvgIpc) is 2.85. The van der Waals surface area contributed by atoms with Crippen molar-refractivity contribution in [3.63, 3.8) is 0 Å². The summed E-state index contributed by atoms with van der Waals surface area (Å²) in [7, 11) is 1.49. The predicted molar refractivity (Wildman–Crippen MR) is 76.5 cm³/mol. The van der Waals surface area contributed by atoms with Gasteiger partial charge in [0.05, 0.1) is 12.8 Å². The number of nitrogens with one attached hydrogen (secondary N) is 2. The molecule has 0 aliphatic carbocycles.